The van der Waals surface area contributed by atoms with Gasteiger partial charge in [0.2, 0.25) is 10.0 Å². The summed E-state index contributed by atoms with van der Waals surface area (Å²) in [4.78, 5) is 8.68. The molecule has 0 saturated carbocycles. The topological polar surface area (TPSA) is 63.2 Å². The molecular weight excluding hydrogens is 250 g/mol. The fourth-order valence-corrected chi connectivity index (χ4v) is 3.43. The van der Waals surface area contributed by atoms with Crippen LogP contribution in [0.3, 0.4) is 0 Å². The smallest absolute Gasteiger partial charge is 0.213 e. The van der Waals surface area contributed by atoms with Crippen molar-refractivity contribution in [1.82, 2.24) is 14.3 Å². The van der Waals surface area contributed by atoms with Crippen molar-refractivity contribution in [3.63, 3.8) is 0 Å². The Balaban J connectivity index is 2.17. The van der Waals surface area contributed by atoms with Gasteiger partial charge in [-0.25, -0.2) is 22.7 Å². The lowest BCUT2D eigenvalue weighted by molar-refractivity contribution is 0.309. The van der Waals surface area contributed by atoms with Crippen molar-refractivity contribution >= 4 is 10.0 Å². The minimum absolute atomic E-state index is 0.125. The van der Waals surface area contributed by atoms with Gasteiger partial charge in [-0.1, -0.05) is 0 Å². The Morgan fingerprint density at radius 1 is 1.50 bits per heavy atom. The number of piperidine rings is 1. The van der Waals surface area contributed by atoms with Gasteiger partial charge in [-0.15, -0.1) is 0 Å². The van der Waals surface area contributed by atoms with E-state index in [-0.39, 0.29) is 11.7 Å². The van der Waals surface area contributed by atoms with Gasteiger partial charge in [0.1, 0.15) is 5.82 Å². The molecule has 1 aliphatic rings. The number of nitrogens with zero attached hydrogens (tertiary/aromatic N) is 3. The summed E-state index contributed by atoms with van der Waals surface area (Å²) in [5.74, 6) is 1.06. The third kappa shape index (κ3) is 2.87. The van der Waals surface area contributed by atoms with Crippen molar-refractivity contribution in [2.24, 2.45) is 0 Å². The number of aromatic nitrogens is 2. The quantitative estimate of drug-likeness (QED) is 0.830. The first kappa shape index (κ1) is 13.4. The van der Waals surface area contributed by atoms with Gasteiger partial charge in [-0.05, 0) is 32.8 Å². The van der Waals surface area contributed by atoms with Crippen LogP contribution in [0.25, 0.3) is 0 Å². The highest BCUT2D eigenvalue weighted by molar-refractivity contribution is 7.89. The van der Waals surface area contributed by atoms with Crippen molar-refractivity contribution in [3.05, 3.63) is 23.8 Å². The number of sulfonamides is 1. The largest absolute Gasteiger partial charge is 0.241 e. The zero-order valence-corrected chi connectivity index (χ0v) is 11.7. The third-order valence-corrected chi connectivity index (χ3v) is 5.17. The maximum Gasteiger partial charge on any atom is 0.213 e. The normalized spacial score (nSPS) is 22.0. The molecule has 1 atom stereocenters. The highest BCUT2D eigenvalue weighted by Gasteiger charge is 2.29. The Kier molecular flexibility index (Phi) is 3.97. The summed E-state index contributed by atoms with van der Waals surface area (Å²) in [6.07, 6.45) is 3.57. The molecule has 1 aromatic rings. The van der Waals surface area contributed by atoms with E-state index in [9.17, 15) is 8.42 Å². The van der Waals surface area contributed by atoms with Crippen molar-refractivity contribution in [3.8, 4) is 0 Å². The lowest BCUT2D eigenvalue weighted by Gasteiger charge is -2.30. The first-order valence-electron chi connectivity index (χ1n) is 6.30. The second-order valence-corrected chi connectivity index (χ2v) is 6.91. The molecule has 18 heavy (non-hydrogen) atoms. The van der Waals surface area contributed by atoms with Crippen LogP contribution in [-0.2, 0) is 10.0 Å². The van der Waals surface area contributed by atoms with Crippen molar-refractivity contribution in [2.45, 2.75) is 32.6 Å². The molecule has 1 aliphatic heterocycles. The molecule has 2 heterocycles. The van der Waals surface area contributed by atoms with Gasteiger partial charge in [0.05, 0.1) is 5.75 Å². The summed E-state index contributed by atoms with van der Waals surface area (Å²) in [5.41, 5.74) is 0.926. The number of aryl methyl sites for hydroxylation is 1. The van der Waals surface area contributed by atoms with Crippen LogP contribution in [0.4, 0.5) is 0 Å². The zero-order chi connectivity index (χ0) is 13.2. The van der Waals surface area contributed by atoms with Crippen molar-refractivity contribution in [1.29, 1.82) is 0 Å². The van der Waals surface area contributed by atoms with E-state index in [0.717, 1.165) is 24.4 Å². The van der Waals surface area contributed by atoms with Crippen LogP contribution >= 0.6 is 0 Å². The average Bonchev–Trinajstić information content (AvgIpc) is 2.39. The Morgan fingerprint density at radius 3 is 2.94 bits per heavy atom. The second kappa shape index (κ2) is 5.32. The molecule has 0 amide bonds. The predicted molar refractivity (Wildman–Crippen MR) is 69.8 cm³/mol. The first-order valence-corrected chi connectivity index (χ1v) is 7.91. The molecule has 100 valence electrons. The number of hydrogen-bond donors (Lipinski definition) is 0. The molecule has 0 aliphatic carbocycles. The summed E-state index contributed by atoms with van der Waals surface area (Å²) in [6, 6.07) is 1.85. The van der Waals surface area contributed by atoms with Gasteiger partial charge in [-0.3, -0.25) is 0 Å². The second-order valence-electron chi connectivity index (χ2n) is 4.65. The summed E-state index contributed by atoms with van der Waals surface area (Å²) in [7, 11) is -3.09. The molecule has 1 aromatic heterocycles. The van der Waals surface area contributed by atoms with Crippen LogP contribution in [0.5, 0.6) is 0 Å². The van der Waals surface area contributed by atoms with E-state index in [4.69, 9.17) is 0 Å². The van der Waals surface area contributed by atoms with Crippen LogP contribution in [-0.4, -0.2) is 41.5 Å². The van der Waals surface area contributed by atoms with Gasteiger partial charge in [-0.2, -0.15) is 0 Å². The maximum atomic E-state index is 11.9. The molecule has 5 nitrogen and oxygen atoms in total. The minimum Gasteiger partial charge on any atom is -0.241 e. The van der Waals surface area contributed by atoms with Crippen molar-refractivity contribution in [2.75, 3.05) is 18.8 Å². The van der Waals surface area contributed by atoms with E-state index < -0.39 is 10.0 Å². The summed E-state index contributed by atoms with van der Waals surface area (Å²) in [5, 5.41) is 0. The minimum atomic E-state index is -3.09. The van der Waals surface area contributed by atoms with Gasteiger partial charge >= 0.3 is 0 Å². The van der Waals surface area contributed by atoms with Crippen molar-refractivity contribution < 1.29 is 8.42 Å². The monoisotopic (exact) mass is 269 g/mol. The standard InChI is InChI=1S/C12H19N3O2S/c1-3-18(16,17)15-8-4-5-11(9-15)12-13-7-6-10(2)14-12/h6-7,11H,3-5,8-9H2,1-2H3/t11-/m1/s1. The highest BCUT2D eigenvalue weighted by Crippen LogP contribution is 2.26. The first-order chi connectivity index (χ1) is 8.53. The molecule has 6 heteroatoms. The van der Waals surface area contributed by atoms with Crippen LogP contribution in [0.1, 0.15) is 37.2 Å². The zero-order valence-electron chi connectivity index (χ0n) is 10.8. The Morgan fingerprint density at radius 2 is 2.28 bits per heavy atom. The number of rotatable bonds is 3. The Bertz CT molecular complexity index is 516. The molecule has 1 fully saturated rings. The summed E-state index contributed by atoms with van der Waals surface area (Å²) in [6.45, 7) is 4.74. The molecule has 0 bridgehead atoms. The molecular formula is C12H19N3O2S. The molecule has 2 rings (SSSR count). The average molecular weight is 269 g/mol. The lowest BCUT2D eigenvalue weighted by Crippen LogP contribution is -2.40. The van der Waals surface area contributed by atoms with Gasteiger partial charge < -0.3 is 0 Å². The molecule has 0 aromatic carbocycles. The van der Waals surface area contributed by atoms with Gasteiger partial charge in [0, 0.05) is 30.9 Å². The van der Waals surface area contributed by atoms with Gasteiger partial charge in [0.15, 0.2) is 0 Å². The van der Waals surface area contributed by atoms with E-state index in [2.05, 4.69) is 9.97 Å². The van der Waals surface area contributed by atoms with E-state index in [1.54, 1.807) is 17.4 Å². The van der Waals surface area contributed by atoms with E-state index in [1.165, 1.54) is 0 Å². The fourth-order valence-electron chi connectivity index (χ4n) is 2.25. The predicted octanol–water partition coefficient (Wildman–Crippen LogP) is 1.31. The molecule has 0 unspecified atom stereocenters. The Hall–Kier alpha value is -1.01. The SMILES string of the molecule is CCS(=O)(=O)N1CCC[C@@H](c2nccc(C)n2)C1. The highest BCUT2D eigenvalue weighted by atomic mass is 32.2. The fraction of sp³-hybridized carbons (Fsp3) is 0.667. The van der Waals surface area contributed by atoms with Crippen LogP contribution in [0.2, 0.25) is 0 Å². The Labute approximate surface area is 108 Å². The van der Waals surface area contributed by atoms with E-state index in [0.29, 0.717) is 13.1 Å². The lowest BCUT2D eigenvalue weighted by atomic mass is 9.99. The molecule has 1 saturated heterocycles. The maximum absolute atomic E-state index is 11.9. The number of hydrogen-bond acceptors (Lipinski definition) is 4. The van der Waals surface area contributed by atoms with Crippen LogP contribution < -0.4 is 0 Å². The molecule has 0 N–H and O–H groups in total. The summed E-state index contributed by atoms with van der Waals surface area (Å²) < 4.78 is 25.3. The third-order valence-electron chi connectivity index (χ3n) is 3.32. The molecule has 0 spiro atoms. The van der Waals surface area contributed by atoms with E-state index in [1.807, 2.05) is 13.0 Å². The molecule has 0 radical (unpaired) electrons. The van der Waals surface area contributed by atoms with Crippen LogP contribution in [0, 0.1) is 6.92 Å². The van der Waals surface area contributed by atoms with Crippen LogP contribution in [0.15, 0.2) is 12.3 Å². The van der Waals surface area contributed by atoms with Gasteiger partial charge in [0.25, 0.3) is 0 Å². The van der Waals surface area contributed by atoms with E-state index >= 15 is 0 Å². The summed E-state index contributed by atoms with van der Waals surface area (Å²) >= 11 is 0.